The number of rotatable bonds is 3. The van der Waals surface area contributed by atoms with Crippen molar-refractivity contribution in [3.8, 4) is 11.1 Å². The smallest absolute Gasteiger partial charge is 0.202 e. The summed E-state index contributed by atoms with van der Waals surface area (Å²) in [6.07, 6.45) is 3.56. The summed E-state index contributed by atoms with van der Waals surface area (Å²) >= 11 is 0. The van der Waals surface area contributed by atoms with Crippen LogP contribution < -0.4 is 9.78 Å². The Morgan fingerprint density at radius 3 is 1.86 bits per heavy atom. The largest absolute Gasteiger partial charge is 0.854 e. The van der Waals surface area contributed by atoms with Crippen LogP contribution in [-0.4, -0.2) is 5.90 Å². The third-order valence-electron chi connectivity index (χ3n) is 3.15. The molecule has 0 saturated heterocycles. The lowest BCUT2D eigenvalue weighted by Gasteiger charge is -2.06. The Balaban J connectivity index is 1.85. The predicted octanol–water partition coefficient (Wildman–Crippen LogP) is 2.21. The molecule has 102 valence electrons. The number of hydrogen-bond donors (Lipinski definition) is 0. The van der Waals surface area contributed by atoms with Gasteiger partial charge in [-0.15, -0.1) is 0 Å². The Morgan fingerprint density at radius 2 is 1.24 bits per heavy atom. The van der Waals surface area contributed by atoms with Gasteiger partial charge in [-0.05, 0) is 21.8 Å². The summed E-state index contributed by atoms with van der Waals surface area (Å²) in [5.41, 5.74) is 2.81. The molecular weight excluding hydrogens is 260 g/mol. The molecule has 0 aliphatic carbocycles. The quantitative estimate of drug-likeness (QED) is 0.410. The maximum absolute atomic E-state index is 12.0. The van der Waals surface area contributed by atoms with E-state index in [-0.39, 0.29) is 5.90 Å². The molecular formula is C18H14N2O. The van der Waals surface area contributed by atoms with Crippen molar-refractivity contribution in [1.29, 1.82) is 0 Å². The van der Waals surface area contributed by atoms with Crippen molar-refractivity contribution in [1.82, 2.24) is 0 Å². The first-order chi connectivity index (χ1) is 10.3. The Bertz CT molecular complexity index is 735. The van der Waals surface area contributed by atoms with Crippen LogP contribution in [0.5, 0.6) is 0 Å². The van der Waals surface area contributed by atoms with E-state index in [2.05, 4.69) is 5.10 Å². The molecule has 3 aromatic rings. The zero-order valence-electron chi connectivity index (χ0n) is 11.4. The first-order valence-corrected chi connectivity index (χ1v) is 6.71. The summed E-state index contributed by atoms with van der Waals surface area (Å²) in [7, 11) is 0. The lowest BCUT2D eigenvalue weighted by Crippen LogP contribution is -2.33. The van der Waals surface area contributed by atoms with Crippen LogP contribution in [-0.2, 0) is 0 Å². The summed E-state index contributed by atoms with van der Waals surface area (Å²) < 4.78 is 1.53. The van der Waals surface area contributed by atoms with Crippen LogP contribution in [0.4, 0.5) is 0 Å². The van der Waals surface area contributed by atoms with Gasteiger partial charge in [-0.3, -0.25) is 0 Å². The number of pyridine rings is 1. The molecule has 0 saturated carbocycles. The summed E-state index contributed by atoms with van der Waals surface area (Å²) in [6.45, 7) is 0. The van der Waals surface area contributed by atoms with E-state index in [0.29, 0.717) is 5.56 Å². The van der Waals surface area contributed by atoms with Crippen LogP contribution in [0, 0.1) is 0 Å². The molecule has 3 nitrogen and oxygen atoms in total. The van der Waals surface area contributed by atoms with E-state index in [1.165, 1.54) is 4.68 Å². The topological polar surface area (TPSA) is 39.3 Å². The normalized spacial score (nSPS) is 11.3. The number of hydrogen-bond acceptors (Lipinski definition) is 2. The van der Waals surface area contributed by atoms with Crippen molar-refractivity contribution in [3.63, 3.8) is 0 Å². The summed E-state index contributed by atoms with van der Waals surface area (Å²) in [5, 5.41) is 16.0. The van der Waals surface area contributed by atoms with Crippen LogP contribution in [0.25, 0.3) is 11.1 Å². The van der Waals surface area contributed by atoms with Crippen LogP contribution in [0.15, 0.2) is 90.3 Å². The minimum absolute atomic E-state index is 0.256. The summed E-state index contributed by atoms with van der Waals surface area (Å²) in [5.74, 6) is -0.256. The van der Waals surface area contributed by atoms with Crippen molar-refractivity contribution >= 4 is 5.90 Å². The SMILES string of the molecule is [O-]/C(=N/[n+]1ccc(-c2ccccc2)cc1)c1ccccc1. The van der Waals surface area contributed by atoms with E-state index in [0.717, 1.165) is 11.1 Å². The minimum atomic E-state index is -0.256. The molecule has 0 aliphatic rings. The van der Waals surface area contributed by atoms with E-state index in [4.69, 9.17) is 0 Å². The van der Waals surface area contributed by atoms with Gasteiger partial charge in [-0.2, -0.15) is 0 Å². The molecule has 1 heterocycles. The molecule has 2 aromatic carbocycles. The van der Waals surface area contributed by atoms with Gasteiger partial charge < -0.3 is 5.11 Å². The van der Waals surface area contributed by atoms with Gasteiger partial charge in [0, 0.05) is 12.1 Å². The van der Waals surface area contributed by atoms with Crippen LogP contribution in [0.3, 0.4) is 0 Å². The fraction of sp³-hybridized carbons (Fsp3) is 0. The minimum Gasteiger partial charge on any atom is -0.854 e. The maximum atomic E-state index is 12.0. The molecule has 0 N–H and O–H groups in total. The maximum Gasteiger partial charge on any atom is 0.202 e. The lowest BCUT2D eigenvalue weighted by atomic mass is 10.1. The van der Waals surface area contributed by atoms with Crippen molar-refractivity contribution in [3.05, 3.63) is 90.8 Å². The number of benzene rings is 2. The second-order valence-electron chi connectivity index (χ2n) is 4.60. The van der Waals surface area contributed by atoms with Gasteiger partial charge in [0.25, 0.3) is 0 Å². The average Bonchev–Trinajstić information content (AvgIpc) is 2.57. The fourth-order valence-corrected chi connectivity index (χ4v) is 2.05. The second kappa shape index (κ2) is 6.01. The molecule has 0 unspecified atom stereocenters. The third-order valence-corrected chi connectivity index (χ3v) is 3.15. The molecule has 1 aromatic heterocycles. The van der Waals surface area contributed by atoms with Crippen LogP contribution in [0.1, 0.15) is 5.56 Å². The summed E-state index contributed by atoms with van der Waals surface area (Å²) in [4.78, 5) is 0. The number of nitrogens with zero attached hydrogens (tertiary/aromatic N) is 2. The zero-order chi connectivity index (χ0) is 14.5. The fourth-order valence-electron chi connectivity index (χ4n) is 2.05. The Morgan fingerprint density at radius 1 is 0.714 bits per heavy atom. The monoisotopic (exact) mass is 274 g/mol. The molecule has 21 heavy (non-hydrogen) atoms. The van der Waals surface area contributed by atoms with Crippen LogP contribution in [0.2, 0.25) is 0 Å². The number of aromatic nitrogens is 1. The molecule has 0 bridgehead atoms. The second-order valence-corrected chi connectivity index (χ2v) is 4.60. The molecule has 0 atom stereocenters. The summed E-state index contributed by atoms with van der Waals surface area (Å²) in [6, 6.07) is 23.0. The highest BCUT2D eigenvalue weighted by Crippen LogP contribution is 2.16. The zero-order valence-corrected chi connectivity index (χ0v) is 11.4. The van der Waals surface area contributed by atoms with Gasteiger partial charge in [0.15, 0.2) is 0 Å². The van der Waals surface area contributed by atoms with E-state index in [1.54, 1.807) is 24.5 Å². The van der Waals surface area contributed by atoms with Crippen molar-refractivity contribution < 1.29 is 9.78 Å². The van der Waals surface area contributed by atoms with Gasteiger partial charge in [0.05, 0.1) is 5.90 Å². The highest BCUT2D eigenvalue weighted by Gasteiger charge is 2.02. The first-order valence-electron chi connectivity index (χ1n) is 6.71. The Kier molecular flexibility index (Phi) is 3.74. The molecule has 0 spiro atoms. The highest BCUT2D eigenvalue weighted by molar-refractivity contribution is 5.89. The Labute approximate surface area is 123 Å². The van der Waals surface area contributed by atoms with Crippen LogP contribution >= 0.6 is 0 Å². The van der Waals surface area contributed by atoms with E-state index in [9.17, 15) is 5.11 Å². The standard InChI is InChI=1S/C18H14N2O/c21-18(17-9-5-2-6-10-17)19-20-13-11-16(12-14-20)15-7-3-1-4-8-15/h1-14H. The first kappa shape index (κ1) is 13.1. The third kappa shape index (κ3) is 3.15. The Hall–Kier alpha value is -2.94. The van der Waals surface area contributed by atoms with Gasteiger partial charge in [0.1, 0.15) is 0 Å². The van der Waals surface area contributed by atoms with Gasteiger partial charge in [0.2, 0.25) is 12.4 Å². The van der Waals surface area contributed by atoms with Gasteiger partial charge >= 0.3 is 0 Å². The lowest BCUT2D eigenvalue weighted by molar-refractivity contribution is -0.681. The molecule has 0 amide bonds. The van der Waals surface area contributed by atoms with Gasteiger partial charge in [-0.1, -0.05) is 65.3 Å². The molecule has 0 radical (unpaired) electrons. The molecule has 0 aliphatic heterocycles. The van der Waals surface area contributed by atoms with E-state index < -0.39 is 0 Å². The van der Waals surface area contributed by atoms with E-state index in [1.807, 2.05) is 60.7 Å². The van der Waals surface area contributed by atoms with E-state index >= 15 is 0 Å². The van der Waals surface area contributed by atoms with Crippen molar-refractivity contribution in [2.45, 2.75) is 0 Å². The van der Waals surface area contributed by atoms with Crippen molar-refractivity contribution in [2.75, 3.05) is 0 Å². The van der Waals surface area contributed by atoms with Gasteiger partial charge in [-0.25, -0.2) is 0 Å². The van der Waals surface area contributed by atoms with Crippen molar-refractivity contribution in [2.24, 2.45) is 5.10 Å². The predicted molar refractivity (Wildman–Crippen MR) is 80.5 cm³/mol. The molecule has 3 heteroatoms. The highest BCUT2D eigenvalue weighted by atomic mass is 16.3. The molecule has 0 fully saturated rings. The average molecular weight is 274 g/mol. The molecule has 3 rings (SSSR count).